The van der Waals surface area contributed by atoms with Gasteiger partial charge in [0.25, 0.3) is 0 Å². The fourth-order valence-corrected chi connectivity index (χ4v) is 3.69. The van der Waals surface area contributed by atoms with Gasteiger partial charge in [0, 0.05) is 11.6 Å². The van der Waals surface area contributed by atoms with E-state index in [0.717, 1.165) is 5.56 Å². The van der Waals surface area contributed by atoms with Crippen molar-refractivity contribution in [3.63, 3.8) is 0 Å². The molecule has 0 aliphatic heterocycles. The summed E-state index contributed by atoms with van der Waals surface area (Å²) in [7, 11) is -2.30. The Kier molecular flexibility index (Phi) is 5.58. The lowest BCUT2D eigenvalue weighted by atomic mass is 9.87. The number of hydrogen-bond donors (Lipinski definition) is 1. The van der Waals surface area contributed by atoms with E-state index in [4.69, 9.17) is 16.3 Å². The molecular weight excluding hydrogens is 346 g/mol. The summed E-state index contributed by atoms with van der Waals surface area (Å²) in [6, 6.07) is 12.4. The topological polar surface area (TPSA) is 55.4 Å². The van der Waals surface area contributed by atoms with Gasteiger partial charge in [0.2, 0.25) is 10.0 Å². The molecule has 24 heavy (non-hydrogen) atoms. The van der Waals surface area contributed by atoms with Gasteiger partial charge in [-0.05, 0) is 34.7 Å². The Hall–Kier alpha value is -1.56. The Balaban J connectivity index is 2.18. The number of hydrogen-bond acceptors (Lipinski definition) is 3. The SMILES string of the molecule is COc1ccc(Cl)cc1S(=O)(=O)NCc1ccc(C(C)(C)C)cc1. The number of sulfonamides is 1. The number of ether oxygens (including phenoxy) is 1. The van der Waals surface area contributed by atoms with E-state index >= 15 is 0 Å². The van der Waals surface area contributed by atoms with Gasteiger partial charge in [0.1, 0.15) is 10.6 Å². The molecule has 0 atom stereocenters. The lowest BCUT2D eigenvalue weighted by Crippen LogP contribution is -2.24. The van der Waals surface area contributed by atoms with Crippen molar-refractivity contribution >= 4 is 21.6 Å². The second-order valence-electron chi connectivity index (χ2n) is 6.57. The van der Waals surface area contributed by atoms with Crippen LogP contribution in [0.5, 0.6) is 5.75 Å². The summed E-state index contributed by atoms with van der Waals surface area (Å²) in [5.74, 6) is 0.259. The van der Waals surface area contributed by atoms with Gasteiger partial charge in [-0.2, -0.15) is 0 Å². The maximum Gasteiger partial charge on any atom is 0.244 e. The average molecular weight is 368 g/mol. The van der Waals surface area contributed by atoms with Crippen molar-refractivity contribution in [2.75, 3.05) is 7.11 Å². The first-order valence-corrected chi connectivity index (χ1v) is 9.42. The highest BCUT2D eigenvalue weighted by Gasteiger charge is 2.20. The molecule has 0 aliphatic rings. The van der Waals surface area contributed by atoms with Crippen LogP contribution < -0.4 is 9.46 Å². The molecule has 0 saturated heterocycles. The molecule has 0 fully saturated rings. The fraction of sp³-hybridized carbons (Fsp3) is 0.333. The Labute approximate surface area is 148 Å². The summed E-state index contributed by atoms with van der Waals surface area (Å²) >= 11 is 5.91. The molecule has 0 unspecified atom stereocenters. The van der Waals surface area contributed by atoms with E-state index in [0.29, 0.717) is 5.02 Å². The molecule has 2 rings (SSSR count). The van der Waals surface area contributed by atoms with Crippen molar-refractivity contribution in [3.05, 3.63) is 58.6 Å². The van der Waals surface area contributed by atoms with Crippen LogP contribution in [0.15, 0.2) is 47.4 Å². The minimum Gasteiger partial charge on any atom is -0.495 e. The molecule has 0 saturated carbocycles. The molecule has 1 N–H and O–H groups in total. The van der Waals surface area contributed by atoms with E-state index in [1.54, 1.807) is 6.07 Å². The molecule has 4 nitrogen and oxygen atoms in total. The molecule has 0 bridgehead atoms. The summed E-state index contributed by atoms with van der Waals surface area (Å²) < 4.78 is 32.7. The second-order valence-corrected chi connectivity index (χ2v) is 8.74. The van der Waals surface area contributed by atoms with Crippen LogP contribution in [-0.2, 0) is 22.0 Å². The van der Waals surface area contributed by atoms with E-state index in [-0.39, 0.29) is 22.6 Å². The van der Waals surface area contributed by atoms with Gasteiger partial charge in [0.05, 0.1) is 7.11 Å². The van der Waals surface area contributed by atoms with E-state index in [1.165, 1.54) is 24.8 Å². The van der Waals surface area contributed by atoms with Crippen LogP contribution >= 0.6 is 11.6 Å². The molecule has 0 radical (unpaired) electrons. The first-order valence-electron chi connectivity index (χ1n) is 7.56. The molecule has 0 aromatic heterocycles. The molecule has 0 spiro atoms. The molecule has 6 heteroatoms. The Morgan fingerprint density at radius 2 is 1.71 bits per heavy atom. The Morgan fingerprint density at radius 1 is 1.08 bits per heavy atom. The van der Waals surface area contributed by atoms with E-state index in [1.807, 2.05) is 24.3 Å². The minimum atomic E-state index is -3.72. The van der Waals surface area contributed by atoms with E-state index in [9.17, 15) is 8.42 Å². The van der Waals surface area contributed by atoms with Crippen molar-refractivity contribution in [3.8, 4) is 5.75 Å². The zero-order chi connectivity index (χ0) is 18.0. The second kappa shape index (κ2) is 7.13. The zero-order valence-corrected chi connectivity index (χ0v) is 15.8. The molecule has 0 aliphatic carbocycles. The van der Waals surface area contributed by atoms with E-state index in [2.05, 4.69) is 25.5 Å². The van der Waals surface area contributed by atoms with E-state index < -0.39 is 10.0 Å². The molecule has 2 aromatic rings. The van der Waals surface area contributed by atoms with Crippen LogP contribution in [0.2, 0.25) is 5.02 Å². The van der Waals surface area contributed by atoms with Gasteiger partial charge in [-0.1, -0.05) is 56.6 Å². The van der Waals surface area contributed by atoms with Crippen LogP contribution in [0.3, 0.4) is 0 Å². The van der Waals surface area contributed by atoms with Gasteiger partial charge in [0.15, 0.2) is 0 Å². The lowest BCUT2D eigenvalue weighted by molar-refractivity contribution is 0.402. The highest BCUT2D eigenvalue weighted by molar-refractivity contribution is 7.89. The predicted molar refractivity (Wildman–Crippen MR) is 97.2 cm³/mol. The number of rotatable bonds is 5. The van der Waals surface area contributed by atoms with Crippen LogP contribution in [0.4, 0.5) is 0 Å². The smallest absolute Gasteiger partial charge is 0.244 e. The molecule has 0 heterocycles. The Bertz CT molecular complexity index is 809. The highest BCUT2D eigenvalue weighted by atomic mass is 35.5. The maximum atomic E-state index is 12.5. The molecule has 2 aromatic carbocycles. The number of halogens is 1. The largest absolute Gasteiger partial charge is 0.495 e. The molecule has 0 amide bonds. The molecule has 130 valence electrons. The van der Waals surface area contributed by atoms with Crippen molar-refractivity contribution in [2.24, 2.45) is 0 Å². The van der Waals surface area contributed by atoms with Crippen molar-refractivity contribution in [2.45, 2.75) is 37.6 Å². The van der Waals surface area contributed by atoms with Crippen molar-refractivity contribution in [1.29, 1.82) is 0 Å². The van der Waals surface area contributed by atoms with Crippen LogP contribution in [0, 0.1) is 0 Å². The zero-order valence-electron chi connectivity index (χ0n) is 14.3. The first kappa shape index (κ1) is 18.8. The predicted octanol–water partition coefficient (Wildman–Crippen LogP) is 4.12. The minimum absolute atomic E-state index is 0.0313. The highest BCUT2D eigenvalue weighted by Crippen LogP contribution is 2.27. The van der Waals surface area contributed by atoms with Crippen molar-refractivity contribution in [1.82, 2.24) is 4.72 Å². The normalized spacial score (nSPS) is 12.2. The summed E-state index contributed by atoms with van der Waals surface area (Å²) in [6.45, 7) is 6.60. The fourth-order valence-electron chi connectivity index (χ4n) is 2.24. The van der Waals surface area contributed by atoms with Gasteiger partial charge in [-0.3, -0.25) is 0 Å². The monoisotopic (exact) mass is 367 g/mol. The third kappa shape index (κ3) is 4.50. The van der Waals surface area contributed by atoms with Gasteiger partial charge in [-0.15, -0.1) is 0 Å². The van der Waals surface area contributed by atoms with Crippen molar-refractivity contribution < 1.29 is 13.2 Å². The van der Waals surface area contributed by atoms with Crippen LogP contribution in [-0.4, -0.2) is 15.5 Å². The standard InChI is InChI=1S/C18H22ClNO3S/c1-18(2,3)14-7-5-13(6-8-14)12-20-24(21,22)17-11-15(19)9-10-16(17)23-4/h5-11,20H,12H2,1-4H3. The van der Waals surface area contributed by atoms with Crippen LogP contribution in [0.1, 0.15) is 31.9 Å². The summed E-state index contributed by atoms with van der Waals surface area (Å²) in [6.07, 6.45) is 0. The average Bonchev–Trinajstić information content (AvgIpc) is 2.52. The third-order valence-electron chi connectivity index (χ3n) is 3.70. The number of nitrogens with one attached hydrogen (secondary N) is 1. The number of methoxy groups -OCH3 is 1. The van der Waals surface area contributed by atoms with Gasteiger partial charge >= 0.3 is 0 Å². The van der Waals surface area contributed by atoms with Gasteiger partial charge in [-0.25, -0.2) is 13.1 Å². The Morgan fingerprint density at radius 3 is 2.25 bits per heavy atom. The lowest BCUT2D eigenvalue weighted by Gasteiger charge is -2.19. The summed E-state index contributed by atoms with van der Waals surface area (Å²) in [5.41, 5.74) is 2.14. The summed E-state index contributed by atoms with van der Waals surface area (Å²) in [4.78, 5) is 0.0313. The quantitative estimate of drug-likeness (QED) is 0.864. The third-order valence-corrected chi connectivity index (χ3v) is 5.36. The van der Waals surface area contributed by atoms with Crippen LogP contribution in [0.25, 0.3) is 0 Å². The molecular formula is C18H22ClNO3S. The summed E-state index contributed by atoms with van der Waals surface area (Å²) in [5, 5.41) is 0.339. The van der Waals surface area contributed by atoms with Gasteiger partial charge < -0.3 is 4.74 Å². The first-order chi connectivity index (χ1) is 11.1. The maximum absolute atomic E-state index is 12.5. The number of benzene rings is 2.